The van der Waals surface area contributed by atoms with Gasteiger partial charge in [-0.3, -0.25) is 14.4 Å². The predicted molar refractivity (Wildman–Crippen MR) is 216 cm³/mol. The van der Waals surface area contributed by atoms with E-state index >= 15 is 0 Å². The van der Waals surface area contributed by atoms with Gasteiger partial charge in [0, 0.05) is 30.8 Å². The second-order valence-corrected chi connectivity index (χ2v) is 19.8. The van der Waals surface area contributed by atoms with Crippen molar-refractivity contribution >= 4 is 17.7 Å². The van der Waals surface area contributed by atoms with Gasteiger partial charge < -0.3 is 26.2 Å². The summed E-state index contributed by atoms with van der Waals surface area (Å²) in [7, 11) is 0. The number of fused-ring (bicyclic) bond motifs is 7. The average molecular weight is 754 g/mol. The van der Waals surface area contributed by atoms with Crippen molar-refractivity contribution in [2.45, 2.75) is 137 Å². The molecule has 8 nitrogen and oxygen atoms in total. The molecule has 0 aliphatic heterocycles. The summed E-state index contributed by atoms with van der Waals surface area (Å²) in [6, 6.07) is 14.7. The minimum Gasteiger partial charge on any atom is -0.393 e. The van der Waals surface area contributed by atoms with Gasteiger partial charge in [0.15, 0.2) is 0 Å². The molecule has 300 valence electrons. The van der Waals surface area contributed by atoms with Crippen molar-refractivity contribution in [1.82, 2.24) is 16.0 Å². The summed E-state index contributed by atoms with van der Waals surface area (Å²) in [4.78, 5) is 39.7. The molecule has 8 unspecified atom stereocenters. The van der Waals surface area contributed by atoms with E-state index in [1.165, 1.54) is 25.7 Å². The summed E-state index contributed by atoms with van der Waals surface area (Å²) >= 11 is 0. The van der Waals surface area contributed by atoms with Crippen LogP contribution in [0.3, 0.4) is 0 Å². The van der Waals surface area contributed by atoms with Gasteiger partial charge in [-0.25, -0.2) is 0 Å². The number of carbonyl (C=O) groups excluding carboxylic acids is 3. The van der Waals surface area contributed by atoms with Gasteiger partial charge in [0.1, 0.15) is 0 Å². The third-order valence-corrected chi connectivity index (χ3v) is 16.9. The Bertz CT molecular complexity index is 1760. The van der Waals surface area contributed by atoms with Crippen LogP contribution in [0.4, 0.5) is 0 Å². The maximum atomic E-state index is 14.4. The molecule has 5 aliphatic rings. The van der Waals surface area contributed by atoms with Gasteiger partial charge in [-0.15, -0.1) is 0 Å². The highest BCUT2D eigenvalue weighted by Crippen LogP contribution is 2.76. The number of nitrogens with one attached hydrogen (secondary N) is 3. The fourth-order valence-corrected chi connectivity index (χ4v) is 13.7. The Hall–Kier alpha value is -3.23. The summed E-state index contributed by atoms with van der Waals surface area (Å²) < 4.78 is 0. The molecule has 0 heterocycles. The lowest BCUT2D eigenvalue weighted by atomic mass is 9.32. The molecule has 2 aromatic rings. The summed E-state index contributed by atoms with van der Waals surface area (Å²) in [6.45, 7) is 15.2. The van der Waals surface area contributed by atoms with Crippen molar-refractivity contribution in [1.29, 1.82) is 0 Å². The molecule has 5 N–H and O–H groups in total. The zero-order valence-corrected chi connectivity index (χ0v) is 34.3. The number of aliphatic hydroxyl groups is 2. The number of carbonyl (C=O) groups is 3. The molecule has 3 amide bonds. The summed E-state index contributed by atoms with van der Waals surface area (Å²) in [6.07, 6.45) is 12.2. The molecule has 0 radical (unpaired) electrons. The Labute approximate surface area is 329 Å². The summed E-state index contributed by atoms with van der Waals surface area (Å²) in [5, 5.41) is 29.6. The van der Waals surface area contributed by atoms with Gasteiger partial charge in [0.2, 0.25) is 5.91 Å². The Morgan fingerprint density at radius 3 is 2.22 bits per heavy atom. The van der Waals surface area contributed by atoms with E-state index < -0.39 is 6.10 Å². The molecule has 55 heavy (non-hydrogen) atoms. The van der Waals surface area contributed by atoms with Gasteiger partial charge in [0.25, 0.3) is 11.8 Å². The first-order valence-electron chi connectivity index (χ1n) is 21.4. The summed E-state index contributed by atoms with van der Waals surface area (Å²) in [5.74, 6) is 2.08. The van der Waals surface area contributed by atoms with Crippen LogP contribution in [0.2, 0.25) is 0 Å². The van der Waals surface area contributed by atoms with Crippen LogP contribution in [-0.4, -0.2) is 53.2 Å². The zero-order chi connectivity index (χ0) is 39.4. The van der Waals surface area contributed by atoms with Gasteiger partial charge in [-0.1, -0.05) is 65.3 Å². The molecule has 5 saturated carbocycles. The van der Waals surface area contributed by atoms with Gasteiger partial charge in [-0.05, 0) is 158 Å². The van der Waals surface area contributed by atoms with Crippen LogP contribution >= 0.6 is 0 Å². The molecule has 0 saturated heterocycles. The van der Waals surface area contributed by atoms with E-state index in [0.717, 1.165) is 56.1 Å². The van der Waals surface area contributed by atoms with E-state index in [1.54, 1.807) is 19.1 Å². The minimum absolute atomic E-state index is 0.0392. The van der Waals surface area contributed by atoms with Crippen LogP contribution in [0.25, 0.3) is 0 Å². The van der Waals surface area contributed by atoms with E-state index in [2.05, 4.69) is 50.6 Å². The van der Waals surface area contributed by atoms with Crippen LogP contribution in [0.5, 0.6) is 0 Å². The second kappa shape index (κ2) is 14.9. The van der Waals surface area contributed by atoms with Crippen molar-refractivity contribution in [2.75, 3.05) is 13.1 Å². The molecule has 8 heteroatoms. The lowest BCUT2D eigenvalue weighted by molar-refractivity contribution is -0.244. The molecule has 0 spiro atoms. The topological polar surface area (TPSA) is 128 Å². The Balaban J connectivity index is 0.950. The molecule has 10 atom stereocenters. The fraction of sp³-hybridized carbons (Fsp3) is 0.681. The van der Waals surface area contributed by atoms with Crippen LogP contribution in [-0.2, 0) is 17.8 Å². The maximum absolute atomic E-state index is 14.4. The van der Waals surface area contributed by atoms with Crippen molar-refractivity contribution in [3.05, 3.63) is 70.8 Å². The lowest BCUT2D eigenvalue weighted by Gasteiger charge is -2.72. The fourth-order valence-electron chi connectivity index (χ4n) is 13.7. The molecular weight excluding hydrogens is 687 g/mol. The van der Waals surface area contributed by atoms with Crippen molar-refractivity contribution in [3.63, 3.8) is 0 Å². The molecule has 0 aromatic heterocycles. The van der Waals surface area contributed by atoms with E-state index in [4.69, 9.17) is 0 Å². The van der Waals surface area contributed by atoms with Gasteiger partial charge in [0.05, 0.1) is 17.6 Å². The largest absolute Gasteiger partial charge is 0.393 e. The molecular formula is C47H67N3O5. The Kier molecular flexibility index (Phi) is 10.9. The van der Waals surface area contributed by atoms with Crippen molar-refractivity contribution in [3.8, 4) is 0 Å². The standard InChI is InChI=1S/C47H67N3O5/c1-30(51)28-49-40(53)33-14-12-32(13-15-33)29-50-41(54)34-10-7-9-31(27-34)20-26-48-42(55)47-21-8-11-36(47)35-16-17-38-44(4)22-19-39(52)43(2,3)37(44)18-23-46(38,6)45(35,5)24-25-47/h7,9-10,12-15,27,30,35-39,51-52H,8,11,16-26,28-29H2,1-6H3,(H,48,55)(H,49,53)(H,50,54)/t30-,35?,36?,37?,38?,39?,44?,45+,46?,47?/m0/s1. The minimum atomic E-state index is -0.611. The molecule has 7 rings (SSSR count). The first kappa shape index (κ1) is 40.0. The summed E-state index contributed by atoms with van der Waals surface area (Å²) in [5.41, 5.74) is 3.41. The third kappa shape index (κ3) is 6.85. The van der Waals surface area contributed by atoms with E-state index in [-0.39, 0.29) is 57.4 Å². The Morgan fingerprint density at radius 2 is 1.47 bits per heavy atom. The Morgan fingerprint density at radius 1 is 0.727 bits per heavy atom. The number of amides is 3. The molecule has 5 aliphatic carbocycles. The highest BCUT2D eigenvalue weighted by Gasteiger charge is 2.70. The SMILES string of the molecule is C[C@H](O)CNC(=O)c1ccc(CNC(=O)c2cccc(CCNC(=O)C34CCCC3C3CCC5C6(C)CCC(O)C(C)(C)C6CCC5(C)[C@]3(C)CC4)c2)cc1. The number of aliphatic hydroxyl groups excluding tert-OH is 2. The van der Waals surface area contributed by atoms with Crippen LogP contribution in [0.1, 0.15) is 144 Å². The first-order chi connectivity index (χ1) is 26.0. The van der Waals surface area contributed by atoms with E-state index in [1.807, 2.05) is 36.4 Å². The highest BCUT2D eigenvalue weighted by atomic mass is 16.3. The third-order valence-electron chi connectivity index (χ3n) is 16.9. The quantitative estimate of drug-likeness (QED) is 0.171. The van der Waals surface area contributed by atoms with Crippen molar-refractivity contribution < 1.29 is 24.6 Å². The van der Waals surface area contributed by atoms with Gasteiger partial charge >= 0.3 is 0 Å². The zero-order valence-electron chi connectivity index (χ0n) is 34.3. The van der Waals surface area contributed by atoms with E-state index in [0.29, 0.717) is 54.3 Å². The number of hydrogen-bond acceptors (Lipinski definition) is 5. The molecule has 2 aromatic carbocycles. The first-order valence-corrected chi connectivity index (χ1v) is 21.4. The lowest BCUT2D eigenvalue weighted by Crippen LogP contribution is -2.67. The van der Waals surface area contributed by atoms with Crippen molar-refractivity contribution in [2.24, 2.45) is 50.7 Å². The maximum Gasteiger partial charge on any atom is 0.251 e. The number of rotatable bonds is 10. The van der Waals surface area contributed by atoms with Crippen LogP contribution in [0, 0.1) is 50.7 Å². The smallest absolute Gasteiger partial charge is 0.251 e. The van der Waals surface area contributed by atoms with E-state index in [9.17, 15) is 24.6 Å². The van der Waals surface area contributed by atoms with Crippen LogP contribution < -0.4 is 16.0 Å². The number of hydrogen-bond donors (Lipinski definition) is 5. The normalized spacial score (nSPS) is 36.6. The molecule has 0 bridgehead atoms. The highest BCUT2D eigenvalue weighted by molar-refractivity contribution is 5.95. The predicted octanol–water partition coefficient (Wildman–Crippen LogP) is 7.60. The molecule has 5 fully saturated rings. The monoisotopic (exact) mass is 754 g/mol. The number of benzene rings is 2. The second-order valence-electron chi connectivity index (χ2n) is 19.8. The van der Waals surface area contributed by atoms with Gasteiger partial charge in [-0.2, -0.15) is 0 Å². The average Bonchev–Trinajstić information content (AvgIpc) is 3.61. The van der Waals surface area contributed by atoms with Crippen LogP contribution in [0.15, 0.2) is 48.5 Å².